The van der Waals surface area contributed by atoms with Gasteiger partial charge in [0.15, 0.2) is 0 Å². The van der Waals surface area contributed by atoms with Crippen LogP contribution in [0.2, 0.25) is 0 Å². The Bertz CT molecular complexity index is 68.5. The quantitative estimate of drug-likeness (QED) is 0.499. The Labute approximate surface area is 51.5 Å². The molecule has 0 aliphatic carbocycles. The molecule has 1 N–H and O–H groups in total. The number of hydrogen-bond donors (Lipinski definition) is 1. The summed E-state index contributed by atoms with van der Waals surface area (Å²) in [5.41, 5.74) is 0.179. The van der Waals surface area contributed by atoms with Gasteiger partial charge in [0.25, 0.3) is 0 Å². The van der Waals surface area contributed by atoms with Crippen molar-refractivity contribution in [3.8, 4) is 0 Å². The zero-order valence-corrected chi connectivity index (χ0v) is 5.54. The maximum Gasteiger partial charge on any atom is 0.0154 e. The lowest BCUT2D eigenvalue weighted by atomic mass is 9.93. The van der Waals surface area contributed by atoms with E-state index in [0.29, 0.717) is 0 Å². The second-order valence-electron chi connectivity index (χ2n) is 2.94. The first-order valence-corrected chi connectivity index (χ1v) is 3.31. The van der Waals surface area contributed by atoms with Crippen molar-refractivity contribution >= 4 is 0 Å². The predicted octanol–water partition coefficient (Wildman–Crippen LogP) is 1.35. The summed E-state index contributed by atoms with van der Waals surface area (Å²) in [6.45, 7) is 7.33. The highest BCUT2D eigenvalue weighted by molar-refractivity contribution is 4.88. The second-order valence-corrected chi connectivity index (χ2v) is 2.94. The van der Waals surface area contributed by atoms with Crippen molar-refractivity contribution < 1.29 is 0 Å². The third kappa shape index (κ3) is 1.48. The third-order valence-electron chi connectivity index (χ3n) is 1.71. The molecule has 0 saturated carbocycles. The van der Waals surface area contributed by atoms with Gasteiger partial charge in [0.2, 0.25) is 0 Å². The molecule has 1 aliphatic rings. The standard InChI is InChI=1S/C7H14N/c1-7(2)5-3-4-6-8-7/h8H,1,3-6H2,2H3. The van der Waals surface area contributed by atoms with Gasteiger partial charge in [-0.1, -0.05) is 6.42 Å². The van der Waals surface area contributed by atoms with Crippen molar-refractivity contribution in [3.63, 3.8) is 0 Å². The van der Waals surface area contributed by atoms with Crippen molar-refractivity contribution in [3.05, 3.63) is 6.92 Å². The fourth-order valence-corrected chi connectivity index (χ4v) is 1.12. The summed E-state index contributed by atoms with van der Waals surface area (Å²) in [6.07, 6.45) is 3.89. The number of nitrogens with one attached hydrogen (secondary N) is 1. The van der Waals surface area contributed by atoms with Crippen LogP contribution in [0.1, 0.15) is 26.2 Å². The molecule has 0 aromatic heterocycles. The topological polar surface area (TPSA) is 12.0 Å². The monoisotopic (exact) mass is 112 g/mol. The van der Waals surface area contributed by atoms with Crippen molar-refractivity contribution in [2.45, 2.75) is 31.7 Å². The molecule has 1 unspecified atom stereocenters. The van der Waals surface area contributed by atoms with Crippen LogP contribution in [0, 0.1) is 6.92 Å². The molecule has 1 rings (SSSR count). The van der Waals surface area contributed by atoms with E-state index >= 15 is 0 Å². The molecule has 1 radical (unpaired) electrons. The van der Waals surface area contributed by atoms with Gasteiger partial charge in [-0.2, -0.15) is 0 Å². The summed E-state index contributed by atoms with van der Waals surface area (Å²) in [7, 11) is 0. The van der Waals surface area contributed by atoms with E-state index in [1.807, 2.05) is 0 Å². The van der Waals surface area contributed by atoms with Gasteiger partial charge in [0.05, 0.1) is 0 Å². The molecule has 0 aromatic carbocycles. The number of piperidine rings is 1. The first-order valence-electron chi connectivity index (χ1n) is 3.31. The smallest absolute Gasteiger partial charge is 0.0154 e. The summed E-state index contributed by atoms with van der Waals surface area (Å²) < 4.78 is 0. The second kappa shape index (κ2) is 2.06. The zero-order chi connectivity index (χ0) is 6.04. The Hall–Kier alpha value is -0.0400. The van der Waals surface area contributed by atoms with E-state index in [0.717, 1.165) is 6.54 Å². The molecule has 1 atom stereocenters. The molecule has 0 amide bonds. The van der Waals surface area contributed by atoms with Crippen LogP contribution in [-0.2, 0) is 0 Å². The van der Waals surface area contributed by atoms with E-state index in [-0.39, 0.29) is 5.54 Å². The Morgan fingerprint density at radius 2 is 2.25 bits per heavy atom. The lowest BCUT2D eigenvalue weighted by molar-refractivity contribution is 0.337. The normalized spacial score (nSPS) is 27.8. The summed E-state index contributed by atoms with van der Waals surface area (Å²) in [5, 5.41) is 3.35. The lowest BCUT2D eigenvalue weighted by Gasteiger charge is -2.30. The molecule has 1 heterocycles. The molecule has 1 nitrogen and oxygen atoms in total. The van der Waals surface area contributed by atoms with Crippen molar-refractivity contribution in [2.75, 3.05) is 6.54 Å². The van der Waals surface area contributed by atoms with E-state index in [4.69, 9.17) is 0 Å². The number of rotatable bonds is 0. The Kier molecular flexibility index (Phi) is 1.57. The molecule has 1 fully saturated rings. The third-order valence-corrected chi connectivity index (χ3v) is 1.71. The molecule has 8 heavy (non-hydrogen) atoms. The van der Waals surface area contributed by atoms with E-state index in [1.165, 1.54) is 19.3 Å². The minimum Gasteiger partial charge on any atom is -0.312 e. The highest BCUT2D eigenvalue weighted by Crippen LogP contribution is 2.16. The molecule has 1 aliphatic heterocycles. The van der Waals surface area contributed by atoms with Crippen LogP contribution in [0.3, 0.4) is 0 Å². The Morgan fingerprint density at radius 3 is 2.50 bits per heavy atom. The zero-order valence-electron chi connectivity index (χ0n) is 5.54. The lowest BCUT2D eigenvalue weighted by Crippen LogP contribution is -2.43. The highest BCUT2D eigenvalue weighted by atomic mass is 15.0. The van der Waals surface area contributed by atoms with E-state index in [2.05, 4.69) is 19.2 Å². The van der Waals surface area contributed by atoms with E-state index in [1.54, 1.807) is 0 Å². The molecule has 0 spiro atoms. The van der Waals surface area contributed by atoms with Gasteiger partial charge in [-0.25, -0.2) is 0 Å². The molecule has 0 aromatic rings. The fourth-order valence-electron chi connectivity index (χ4n) is 1.12. The maximum atomic E-state index is 4.02. The van der Waals surface area contributed by atoms with Gasteiger partial charge in [-0.15, -0.1) is 0 Å². The summed E-state index contributed by atoms with van der Waals surface area (Å²) in [4.78, 5) is 0. The van der Waals surface area contributed by atoms with Gasteiger partial charge < -0.3 is 5.32 Å². The van der Waals surface area contributed by atoms with Crippen LogP contribution in [-0.4, -0.2) is 12.1 Å². The average Bonchev–Trinajstić information content (AvgIpc) is 1.65. The van der Waals surface area contributed by atoms with Gasteiger partial charge >= 0.3 is 0 Å². The first-order chi connectivity index (χ1) is 3.71. The fraction of sp³-hybridized carbons (Fsp3) is 0.857. The van der Waals surface area contributed by atoms with Gasteiger partial charge in [0.1, 0.15) is 0 Å². The minimum atomic E-state index is 0.179. The molecule has 0 bridgehead atoms. The van der Waals surface area contributed by atoms with Gasteiger partial charge in [-0.3, -0.25) is 0 Å². The van der Waals surface area contributed by atoms with Gasteiger partial charge in [0, 0.05) is 5.54 Å². The van der Waals surface area contributed by atoms with Crippen LogP contribution < -0.4 is 5.32 Å². The minimum absolute atomic E-state index is 0.179. The van der Waals surface area contributed by atoms with Crippen LogP contribution in [0.4, 0.5) is 0 Å². The SMILES string of the molecule is [CH2]C1(C)CCCCN1. The van der Waals surface area contributed by atoms with Gasteiger partial charge in [-0.05, 0) is 33.2 Å². The maximum absolute atomic E-state index is 4.02. The van der Waals surface area contributed by atoms with E-state index in [9.17, 15) is 0 Å². The largest absolute Gasteiger partial charge is 0.312 e. The Morgan fingerprint density at radius 1 is 1.50 bits per heavy atom. The summed E-state index contributed by atoms with van der Waals surface area (Å²) >= 11 is 0. The molecule has 1 saturated heterocycles. The summed E-state index contributed by atoms with van der Waals surface area (Å²) in [5.74, 6) is 0. The Balaban J connectivity index is 2.33. The summed E-state index contributed by atoms with van der Waals surface area (Å²) in [6, 6.07) is 0. The van der Waals surface area contributed by atoms with Crippen LogP contribution in [0.5, 0.6) is 0 Å². The first kappa shape index (κ1) is 6.09. The highest BCUT2D eigenvalue weighted by Gasteiger charge is 2.19. The van der Waals surface area contributed by atoms with Crippen molar-refractivity contribution in [1.82, 2.24) is 5.32 Å². The van der Waals surface area contributed by atoms with E-state index < -0.39 is 0 Å². The molecule has 47 valence electrons. The van der Waals surface area contributed by atoms with Crippen LogP contribution in [0.15, 0.2) is 0 Å². The van der Waals surface area contributed by atoms with Crippen molar-refractivity contribution in [1.29, 1.82) is 0 Å². The van der Waals surface area contributed by atoms with Crippen molar-refractivity contribution in [2.24, 2.45) is 0 Å². The average molecular weight is 112 g/mol. The predicted molar refractivity (Wildman–Crippen MR) is 35.6 cm³/mol. The molecular formula is C7H14N. The van der Waals surface area contributed by atoms with Crippen LogP contribution >= 0.6 is 0 Å². The van der Waals surface area contributed by atoms with Crippen LogP contribution in [0.25, 0.3) is 0 Å². The molecule has 1 heteroatoms. The molecular weight excluding hydrogens is 98.1 g/mol. The number of hydrogen-bond acceptors (Lipinski definition) is 1.